The largest absolute Gasteiger partial charge is 0.488 e. The second kappa shape index (κ2) is 3.79. The quantitative estimate of drug-likeness (QED) is 0.781. The summed E-state index contributed by atoms with van der Waals surface area (Å²) in [6.45, 7) is 0. The van der Waals surface area contributed by atoms with E-state index in [-0.39, 0.29) is 11.9 Å². The fraction of sp³-hybridized carbons (Fsp3) is 0.300. The summed E-state index contributed by atoms with van der Waals surface area (Å²) < 4.78 is 5.50. The summed E-state index contributed by atoms with van der Waals surface area (Å²) in [6, 6.07) is 5.21. The Hall–Kier alpha value is -0.730. The van der Waals surface area contributed by atoms with E-state index in [1.165, 1.54) is 0 Å². The second-order valence-electron chi connectivity index (χ2n) is 3.24. The minimum absolute atomic E-state index is 0.0292. The smallest absolute Gasteiger partial charge is 0.140 e. The van der Waals surface area contributed by atoms with Gasteiger partial charge in [0.05, 0.1) is 5.02 Å². The lowest BCUT2D eigenvalue weighted by molar-refractivity contribution is -0.129. The van der Waals surface area contributed by atoms with Crippen LogP contribution in [-0.4, -0.2) is 11.9 Å². The van der Waals surface area contributed by atoms with Crippen LogP contribution < -0.4 is 4.74 Å². The van der Waals surface area contributed by atoms with Gasteiger partial charge in [0.2, 0.25) is 0 Å². The third kappa shape index (κ3) is 1.86. The first-order chi connectivity index (χ1) is 6.66. The number of hydrogen-bond acceptors (Lipinski definition) is 2. The van der Waals surface area contributed by atoms with E-state index in [9.17, 15) is 4.79 Å². The Kier molecular flexibility index (Phi) is 2.66. The van der Waals surface area contributed by atoms with E-state index >= 15 is 0 Å². The molecule has 0 aromatic heterocycles. The molecule has 1 aliphatic rings. The molecular formula is C10H8Cl2O2. The number of benzene rings is 1. The summed E-state index contributed by atoms with van der Waals surface area (Å²) in [7, 11) is 0. The molecule has 0 radical (unpaired) electrons. The van der Waals surface area contributed by atoms with Gasteiger partial charge in [-0.25, -0.2) is 0 Å². The third-order valence-corrected chi connectivity index (χ3v) is 2.92. The van der Waals surface area contributed by atoms with Crippen LogP contribution in [-0.2, 0) is 4.79 Å². The molecule has 0 aliphatic heterocycles. The standard InChI is InChI=1S/C10H8Cl2O2/c11-8-2-1-3-9(10(8)12)14-7-4-6(13)5-7/h1-3,7H,4-5H2. The molecule has 0 spiro atoms. The average molecular weight is 231 g/mol. The van der Waals surface area contributed by atoms with Crippen molar-refractivity contribution in [1.82, 2.24) is 0 Å². The van der Waals surface area contributed by atoms with E-state index in [4.69, 9.17) is 27.9 Å². The first kappa shape index (κ1) is 9.81. The fourth-order valence-electron chi connectivity index (χ4n) is 1.29. The monoisotopic (exact) mass is 230 g/mol. The Morgan fingerprint density at radius 2 is 2.00 bits per heavy atom. The molecule has 0 amide bonds. The molecule has 0 heterocycles. The van der Waals surface area contributed by atoms with Gasteiger partial charge in [-0.15, -0.1) is 0 Å². The molecule has 0 bridgehead atoms. The Morgan fingerprint density at radius 1 is 1.29 bits per heavy atom. The van der Waals surface area contributed by atoms with E-state index in [1.54, 1.807) is 18.2 Å². The second-order valence-corrected chi connectivity index (χ2v) is 4.02. The molecule has 0 atom stereocenters. The van der Waals surface area contributed by atoms with Crippen molar-refractivity contribution in [3.8, 4) is 5.75 Å². The molecule has 14 heavy (non-hydrogen) atoms. The van der Waals surface area contributed by atoms with Crippen molar-refractivity contribution in [3.05, 3.63) is 28.2 Å². The van der Waals surface area contributed by atoms with Crippen molar-refractivity contribution < 1.29 is 9.53 Å². The Morgan fingerprint density at radius 3 is 2.64 bits per heavy atom. The van der Waals surface area contributed by atoms with E-state index in [0.29, 0.717) is 28.6 Å². The zero-order valence-electron chi connectivity index (χ0n) is 7.30. The molecule has 0 N–H and O–H groups in total. The third-order valence-electron chi connectivity index (χ3n) is 2.12. The van der Waals surface area contributed by atoms with Gasteiger partial charge < -0.3 is 4.74 Å². The number of Topliss-reactive ketones (excluding diaryl/α,β-unsaturated/α-hetero) is 1. The van der Waals surface area contributed by atoms with Crippen LogP contribution in [0, 0.1) is 0 Å². The first-order valence-corrected chi connectivity index (χ1v) is 5.05. The number of halogens is 2. The minimum atomic E-state index is -0.0292. The maximum Gasteiger partial charge on any atom is 0.140 e. The van der Waals surface area contributed by atoms with E-state index in [2.05, 4.69) is 0 Å². The molecule has 74 valence electrons. The highest BCUT2D eigenvalue weighted by Crippen LogP contribution is 2.34. The van der Waals surface area contributed by atoms with Crippen LogP contribution in [0.2, 0.25) is 10.0 Å². The lowest BCUT2D eigenvalue weighted by Gasteiger charge is -2.25. The molecule has 1 aromatic rings. The van der Waals surface area contributed by atoms with Crippen molar-refractivity contribution in [2.24, 2.45) is 0 Å². The molecular weight excluding hydrogens is 223 g/mol. The SMILES string of the molecule is O=C1CC(Oc2cccc(Cl)c2Cl)C1. The molecule has 1 aliphatic carbocycles. The van der Waals surface area contributed by atoms with Crippen LogP contribution in [0.1, 0.15) is 12.8 Å². The average Bonchev–Trinajstić information content (AvgIpc) is 2.10. The van der Waals surface area contributed by atoms with Gasteiger partial charge in [0.1, 0.15) is 22.7 Å². The van der Waals surface area contributed by atoms with Crippen LogP contribution >= 0.6 is 23.2 Å². The zero-order chi connectivity index (χ0) is 10.1. The number of hydrogen-bond donors (Lipinski definition) is 0. The first-order valence-electron chi connectivity index (χ1n) is 4.29. The van der Waals surface area contributed by atoms with Crippen molar-refractivity contribution >= 4 is 29.0 Å². The van der Waals surface area contributed by atoms with Crippen LogP contribution in [0.25, 0.3) is 0 Å². The Balaban J connectivity index is 2.09. The molecule has 0 unspecified atom stereocenters. The summed E-state index contributed by atoms with van der Waals surface area (Å²) in [5, 5.41) is 0.878. The number of rotatable bonds is 2. The summed E-state index contributed by atoms with van der Waals surface area (Å²) in [4.78, 5) is 10.7. The van der Waals surface area contributed by atoms with Gasteiger partial charge in [-0.2, -0.15) is 0 Å². The van der Waals surface area contributed by atoms with Gasteiger partial charge in [0.25, 0.3) is 0 Å². The fourth-order valence-corrected chi connectivity index (χ4v) is 1.62. The summed E-state index contributed by atoms with van der Waals surface area (Å²) in [5.41, 5.74) is 0. The molecule has 0 saturated heterocycles. The minimum Gasteiger partial charge on any atom is -0.488 e. The van der Waals surface area contributed by atoms with E-state index in [1.807, 2.05) is 0 Å². The number of carbonyl (C=O) groups excluding carboxylic acids is 1. The van der Waals surface area contributed by atoms with Crippen molar-refractivity contribution in [3.63, 3.8) is 0 Å². The van der Waals surface area contributed by atoms with Gasteiger partial charge in [0, 0.05) is 12.8 Å². The Bertz CT molecular complexity index is 368. The number of carbonyl (C=O) groups is 1. The lowest BCUT2D eigenvalue weighted by Crippen LogP contribution is -2.33. The molecule has 1 fully saturated rings. The van der Waals surface area contributed by atoms with Gasteiger partial charge in [-0.3, -0.25) is 4.79 Å². The Labute approximate surface area is 91.8 Å². The summed E-state index contributed by atoms with van der Waals surface area (Å²) >= 11 is 11.7. The summed E-state index contributed by atoms with van der Waals surface area (Å²) in [5.74, 6) is 0.782. The predicted octanol–water partition coefficient (Wildman–Crippen LogP) is 3.10. The number of ketones is 1. The maximum atomic E-state index is 10.7. The van der Waals surface area contributed by atoms with Crippen molar-refractivity contribution in [2.75, 3.05) is 0 Å². The maximum absolute atomic E-state index is 10.7. The van der Waals surface area contributed by atoms with Gasteiger partial charge in [-0.1, -0.05) is 29.3 Å². The van der Waals surface area contributed by atoms with E-state index in [0.717, 1.165) is 0 Å². The molecule has 2 nitrogen and oxygen atoms in total. The summed E-state index contributed by atoms with van der Waals surface area (Å²) in [6.07, 6.45) is 0.921. The van der Waals surface area contributed by atoms with Crippen LogP contribution in [0.15, 0.2) is 18.2 Å². The lowest BCUT2D eigenvalue weighted by atomic mass is 9.94. The van der Waals surface area contributed by atoms with Crippen molar-refractivity contribution in [1.29, 1.82) is 0 Å². The van der Waals surface area contributed by atoms with E-state index < -0.39 is 0 Å². The van der Waals surface area contributed by atoms with Crippen molar-refractivity contribution in [2.45, 2.75) is 18.9 Å². The topological polar surface area (TPSA) is 26.3 Å². The predicted molar refractivity (Wildman–Crippen MR) is 55.1 cm³/mol. The van der Waals surface area contributed by atoms with Crippen LogP contribution in [0.3, 0.4) is 0 Å². The zero-order valence-corrected chi connectivity index (χ0v) is 8.81. The van der Waals surface area contributed by atoms with Crippen LogP contribution in [0.5, 0.6) is 5.75 Å². The van der Waals surface area contributed by atoms with Crippen LogP contribution in [0.4, 0.5) is 0 Å². The van der Waals surface area contributed by atoms with Gasteiger partial charge in [-0.05, 0) is 12.1 Å². The molecule has 1 aromatic carbocycles. The highest BCUT2D eigenvalue weighted by Gasteiger charge is 2.28. The number of ether oxygens (including phenoxy) is 1. The van der Waals surface area contributed by atoms with Gasteiger partial charge in [0.15, 0.2) is 0 Å². The highest BCUT2D eigenvalue weighted by atomic mass is 35.5. The molecule has 2 rings (SSSR count). The normalized spacial score (nSPS) is 16.6. The molecule has 1 saturated carbocycles. The molecule has 4 heteroatoms. The highest BCUT2D eigenvalue weighted by molar-refractivity contribution is 6.42. The van der Waals surface area contributed by atoms with Gasteiger partial charge >= 0.3 is 0 Å².